The van der Waals surface area contributed by atoms with Crippen LogP contribution in [0.5, 0.6) is 0 Å². The van der Waals surface area contributed by atoms with Gasteiger partial charge in [0.25, 0.3) is 0 Å². The van der Waals surface area contributed by atoms with Crippen molar-refractivity contribution in [3.05, 3.63) is 107 Å². The third kappa shape index (κ3) is 7.53. The number of hydroxylamine groups is 1. The summed E-state index contributed by atoms with van der Waals surface area (Å²) >= 11 is 0. The maximum atomic E-state index is 13.4. The fourth-order valence-electron chi connectivity index (χ4n) is 7.22. The first-order valence-corrected chi connectivity index (χ1v) is 17.6. The van der Waals surface area contributed by atoms with Crippen molar-refractivity contribution in [1.29, 1.82) is 0 Å². The summed E-state index contributed by atoms with van der Waals surface area (Å²) < 4.78 is 17.5. The molecule has 0 radical (unpaired) electrons. The molecule has 50 heavy (non-hydrogen) atoms. The first-order chi connectivity index (χ1) is 24.2. The highest BCUT2D eigenvalue weighted by molar-refractivity contribution is 5.79. The number of carbonyl (C=O) groups excluding carboxylic acids is 2. The van der Waals surface area contributed by atoms with Crippen LogP contribution >= 0.6 is 0 Å². The zero-order valence-corrected chi connectivity index (χ0v) is 28.9. The largest absolute Gasteiger partial charge is 0.448 e. The van der Waals surface area contributed by atoms with Gasteiger partial charge in [0.2, 0.25) is 5.89 Å². The Balaban J connectivity index is 0.941. The molecule has 11 heteroatoms. The minimum absolute atomic E-state index is 0.00764. The average molecular weight is 680 g/mol. The first kappa shape index (κ1) is 33.7. The number of carbonyl (C=O) groups is 2. The van der Waals surface area contributed by atoms with Gasteiger partial charge in [0, 0.05) is 31.5 Å². The van der Waals surface area contributed by atoms with Gasteiger partial charge < -0.3 is 18.9 Å². The maximum Gasteiger partial charge on any atom is 0.410 e. The van der Waals surface area contributed by atoms with Crippen LogP contribution in [-0.2, 0) is 20.9 Å². The quantitative estimate of drug-likeness (QED) is 0.191. The lowest BCUT2D eigenvalue weighted by atomic mass is 9.96. The van der Waals surface area contributed by atoms with Crippen LogP contribution in [-0.4, -0.2) is 70.0 Å². The molecule has 0 saturated carbocycles. The second kappa shape index (κ2) is 14.6. The van der Waals surface area contributed by atoms with Crippen LogP contribution in [0.2, 0.25) is 0 Å². The molecule has 3 heterocycles. The van der Waals surface area contributed by atoms with E-state index in [1.165, 1.54) is 22.3 Å². The molecule has 1 N–H and O–H groups in total. The molecule has 1 aliphatic carbocycles. The first-order valence-electron chi connectivity index (χ1n) is 17.6. The Hall–Kier alpha value is -4.74. The highest BCUT2D eigenvalue weighted by Gasteiger charge is 2.39. The molecular formula is C39H45N5O6. The second-order valence-corrected chi connectivity index (χ2v) is 14.4. The molecule has 1 aromatic heterocycles. The molecule has 262 valence electrons. The molecule has 2 saturated heterocycles. The van der Waals surface area contributed by atoms with E-state index in [0.29, 0.717) is 63.8 Å². The summed E-state index contributed by atoms with van der Waals surface area (Å²) in [6.07, 6.45) is 1.99. The number of benzene rings is 3. The zero-order chi connectivity index (χ0) is 34.7. The summed E-state index contributed by atoms with van der Waals surface area (Å²) in [6, 6.07) is 26.1. The molecule has 4 aromatic rings. The van der Waals surface area contributed by atoms with Crippen LogP contribution in [0.1, 0.15) is 92.7 Å². The number of likely N-dealkylation sites (tertiary alicyclic amines) is 2. The van der Waals surface area contributed by atoms with Crippen LogP contribution in [0.3, 0.4) is 0 Å². The fraction of sp³-hybridized carbons (Fsp3) is 0.436. The van der Waals surface area contributed by atoms with E-state index >= 15 is 0 Å². The number of piperidine rings is 2. The molecule has 2 fully saturated rings. The fourth-order valence-corrected chi connectivity index (χ4v) is 7.22. The van der Waals surface area contributed by atoms with Gasteiger partial charge >= 0.3 is 12.2 Å². The third-order valence-electron chi connectivity index (χ3n) is 9.74. The van der Waals surface area contributed by atoms with E-state index in [2.05, 4.69) is 34.9 Å². The Morgan fingerprint density at radius 1 is 0.860 bits per heavy atom. The monoisotopic (exact) mass is 679 g/mol. The number of hydrogen-bond acceptors (Lipinski definition) is 9. The van der Waals surface area contributed by atoms with Crippen molar-refractivity contribution in [2.75, 3.05) is 26.2 Å². The van der Waals surface area contributed by atoms with Gasteiger partial charge in [-0.25, -0.2) is 9.59 Å². The molecule has 0 bridgehead atoms. The van der Waals surface area contributed by atoms with E-state index < -0.39 is 17.7 Å². The Bertz CT molecular complexity index is 1740. The van der Waals surface area contributed by atoms with Crippen LogP contribution < -0.4 is 5.48 Å². The van der Waals surface area contributed by atoms with Crippen molar-refractivity contribution in [1.82, 2.24) is 25.4 Å². The van der Waals surface area contributed by atoms with Gasteiger partial charge in [0.15, 0.2) is 5.82 Å². The van der Waals surface area contributed by atoms with E-state index in [0.717, 1.165) is 12.0 Å². The lowest BCUT2D eigenvalue weighted by molar-refractivity contribution is -0.0346. The van der Waals surface area contributed by atoms with E-state index in [1.54, 1.807) is 9.80 Å². The van der Waals surface area contributed by atoms with Crippen molar-refractivity contribution in [3.8, 4) is 11.1 Å². The standard InChI is InChI=1S/C39H45N5O6/c1-39(2,3)49-38(46)44-23-28(41-48-24-26-11-5-4-6-12-26)17-18-34(44)35-40-36(50-42-35)27-19-21-43(22-20-27)37(45)47-25-33-31-15-9-7-13-29(31)30-14-8-10-16-32(30)33/h4-16,27-28,33-34,41H,17-25H2,1-3H3/t28-,34+/m1/s1. The molecule has 2 aliphatic heterocycles. The summed E-state index contributed by atoms with van der Waals surface area (Å²) in [4.78, 5) is 40.6. The highest BCUT2D eigenvalue weighted by atomic mass is 16.6. The second-order valence-electron chi connectivity index (χ2n) is 14.4. The normalized spacial score (nSPS) is 19.6. The van der Waals surface area contributed by atoms with E-state index in [9.17, 15) is 9.59 Å². The maximum absolute atomic E-state index is 13.4. The number of nitrogens with one attached hydrogen (secondary N) is 1. The minimum Gasteiger partial charge on any atom is -0.448 e. The third-order valence-corrected chi connectivity index (χ3v) is 9.74. The van der Waals surface area contributed by atoms with Crippen molar-refractivity contribution in [3.63, 3.8) is 0 Å². The Morgan fingerprint density at radius 2 is 1.52 bits per heavy atom. The topological polar surface area (TPSA) is 119 Å². The summed E-state index contributed by atoms with van der Waals surface area (Å²) in [5.41, 5.74) is 8.33. The molecule has 2 atom stereocenters. The number of fused-ring (bicyclic) bond motifs is 3. The molecule has 0 unspecified atom stereocenters. The highest BCUT2D eigenvalue weighted by Crippen LogP contribution is 2.44. The Labute approximate surface area is 292 Å². The molecular weight excluding hydrogens is 634 g/mol. The smallest absolute Gasteiger partial charge is 0.410 e. The van der Waals surface area contributed by atoms with Crippen molar-refractivity contribution in [2.24, 2.45) is 0 Å². The minimum atomic E-state index is -0.657. The molecule has 0 spiro atoms. The van der Waals surface area contributed by atoms with Gasteiger partial charge in [-0.3, -0.25) is 9.74 Å². The van der Waals surface area contributed by atoms with Crippen LogP contribution in [0.25, 0.3) is 11.1 Å². The number of hydrogen-bond donors (Lipinski definition) is 1. The van der Waals surface area contributed by atoms with Gasteiger partial charge in [-0.1, -0.05) is 84.0 Å². The van der Waals surface area contributed by atoms with E-state index in [4.69, 9.17) is 23.8 Å². The lowest BCUT2D eigenvalue weighted by Crippen LogP contribution is -2.50. The predicted molar refractivity (Wildman–Crippen MR) is 186 cm³/mol. The van der Waals surface area contributed by atoms with E-state index in [1.807, 2.05) is 75.4 Å². The molecule has 11 nitrogen and oxygen atoms in total. The zero-order valence-electron chi connectivity index (χ0n) is 28.9. The predicted octanol–water partition coefficient (Wildman–Crippen LogP) is 7.36. The van der Waals surface area contributed by atoms with Crippen molar-refractivity contribution < 1.29 is 28.4 Å². The van der Waals surface area contributed by atoms with Gasteiger partial charge in [-0.05, 0) is 74.3 Å². The Morgan fingerprint density at radius 3 is 2.20 bits per heavy atom. The van der Waals surface area contributed by atoms with Crippen LogP contribution in [0.15, 0.2) is 83.4 Å². The van der Waals surface area contributed by atoms with E-state index in [-0.39, 0.29) is 24.0 Å². The molecule has 3 aromatic carbocycles. The van der Waals surface area contributed by atoms with Gasteiger partial charge in [-0.15, -0.1) is 0 Å². The molecule has 2 amide bonds. The van der Waals surface area contributed by atoms with Crippen molar-refractivity contribution in [2.45, 2.75) is 82.6 Å². The van der Waals surface area contributed by atoms with Crippen LogP contribution in [0, 0.1) is 0 Å². The SMILES string of the molecule is CC(C)(C)OC(=O)N1C[C@H](NOCc2ccccc2)CC[C@H]1c1noc(C2CCN(C(=O)OCC3c4ccccc4-c4ccccc43)CC2)n1. The molecule has 7 rings (SSSR count). The van der Waals surface area contributed by atoms with Crippen LogP contribution in [0.4, 0.5) is 9.59 Å². The van der Waals surface area contributed by atoms with Gasteiger partial charge in [0.05, 0.1) is 18.7 Å². The average Bonchev–Trinajstić information content (AvgIpc) is 3.74. The van der Waals surface area contributed by atoms with Gasteiger partial charge in [-0.2, -0.15) is 10.5 Å². The number of rotatable bonds is 8. The number of nitrogens with zero attached hydrogens (tertiary/aromatic N) is 4. The molecule has 3 aliphatic rings. The number of aromatic nitrogens is 2. The summed E-state index contributed by atoms with van der Waals surface area (Å²) in [5, 5.41) is 4.34. The van der Waals surface area contributed by atoms with Gasteiger partial charge in [0.1, 0.15) is 12.2 Å². The summed E-state index contributed by atoms with van der Waals surface area (Å²) in [7, 11) is 0. The summed E-state index contributed by atoms with van der Waals surface area (Å²) in [5.74, 6) is 1.03. The Kier molecular flexibility index (Phi) is 9.87. The summed E-state index contributed by atoms with van der Waals surface area (Å²) in [6.45, 7) is 7.70. The van der Waals surface area contributed by atoms with Crippen molar-refractivity contribution >= 4 is 12.2 Å². The number of ether oxygens (including phenoxy) is 2. The lowest BCUT2D eigenvalue weighted by Gasteiger charge is -2.38. The number of amides is 2.